The van der Waals surface area contributed by atoms with Crippen LogP contribution in [-0.2, 0) is 0 Å². The van der Waals surface area contributed by atoms with Crippen molar-refractivity contribution in [2.24, 2.45) is 0 Å². The summed E-state index contributed by atoms with van der Waals surface area (Å²) < 4.78 is 5.43. The molecule has 0 bridgehead atoms. The maximum atomic E-state index is 12.0. The Morgan fingerprint density at radius 2 is 1.70 bits per heavy atom. The fraction of sp³-hybridized carbons (Fsp3) is 0.0556. The molecule has 3 aromatic carbocycles. The van der Waals surface area contributed by atoms with Crippen molar-refractivity contribution >= 4 is 34.1 Å². The van der Waals surface area contributed by atoms with Gasteiger partial charge in [0.25, 0.3) is 0 Å². The molecule has 2 N–H and O–H groups in total. The maximum absolute atomic E-state index is 12.0. The van der Waals surface area contributed by atoms with Crippen LogP contribution in [-0.4, -0.2) is 12.8 Å². The molecule has 0 radical (unpaired) electrons. The van der Waals surface area contributed by atoms with E-state index in [2.05, 4.69) is 10.6 Å². The van der Waals surface area contributed by atoms with Crippen LogP contribution < -0.4 is 15.4 Å². The lowest BCUT2D eigenvalue weighted by Gasteiger charge is -2.11. The third-order valence-corrected chi connectivity index (χ3v) is 3.58. The molecule has 0 saturated heterocycles. The first kappa shape index (κ1) is 15.2. The van der Waals surface area contributed by atoms with Crippen LogP contribution in [0, 0.1) is 0 Å². The van der Waals surface area contributed by atoms with Crippen molar-refractivity contribution in [3.05, 3.63) is 71.8 Å². The quantitative estimate of drug-likeness (QED) is 0.685. The fourth-order valence-electron chi connectivity index (χ4n) is 2.22. The lowest BCUT2D eigenvalue weighted by Crippen LogP contribution is -2.32. The van der Waals surface area contributed by atoms with E-state index in [0.29, 0.717) is 10.8 Å². The summed E-state index contributed by atoms with van der Waals surface area (Å²) in [7, 11) is 0. The van der Waals surface area contributed by atoms with Crippen LogP contribution in [0.1, 0.15) is 0 Å². The maximum Gasteiger partial charge on any atom is 0.321 e. The van der Waals surface area contributed by atoms with E-state index in [4.69, 9.17) is 16.3 Å². The topological polar surface area (TPSA) is 50.4 Å². The summed E-state index contributed by atoms with van der Waals surface area (Å²) >= 11 is 5.80. The Morgan fingerprint density at radius 3 is 2.52 bits per heavy atom. The Labute approximate surface area is 139 Å². The molecule has 0 spiro atoms. The van der Waals surface area contributed by atoms with Crippen LogP contribution in [0.15, 0.2) is 66.7 Å². The molecule has 2 amide bonds. The number of carbonyl (C=O) groups excluding carboxylic acids is 1. The molecule has 3 aromatic rings. The van der Waals surface area contributed by atoms with E-state index in [1.54, 1.807) is 24.3 Å². The summed E-state index contributed by atoms with van der Waals surface area (Å²) in [6, 6.07) is 20.3. The number of nitrogens with one attached hydrogen (secondary N) is 2. The number of halogens is 1. The van der Waals surface area contributed by atoms with Crippen molar-refractivity contribution in [3.63, 3.8) is 0 Å². The predicted molar refractivity (Wildman–Crippen MR) is 93.0 cm³/mol. The highest BCUT2D eigenvalue weighted by Crippen LogP contribution is 2.22. The second-order valence-corrected chi connectivity index (χ2v) is 5.34. The molecule has 0 atom stereocenters. The molecule has 0 unspecified atom stereocenters. The smallest absolute Gasteiger partial charge is 0.321 e. The summed E-state index contributed by atoms with van der Waals surface area (Å²) in [5.41, 5.74) is 0.757. The van der Waals surface area contributed by atoms with E-state index >= 15 is 0 Å². The molecule has 0 aliphatic heterocycles. The standard InChI is InChI=1S/C18H15ClN2O2/c19-14-8-10-15(11-9-14)23-12-20-18(22)21-17-7-3-5-13-4-1-2-6-16(13)17/h1-11H,12H2,(H2,20,21,22). The Kier molecular flexibility index (Phi) is 4.64. The third kappa shape index (κ3) is 3.93. The van der Waals surface area contributed by atoms with Gasteiger partial charge >= 0.3 is 6.03 Å². The number of fused-ring (bicyclic) bond motifs is 1. The van der Waals surface area contributed by atoms with Gasteiger partial charge in [0.05, 0.1) is 5.69 Å². The van der Waals surface area contributed by atoms with Gasteiger partial charge in [-0.25, -0.2) is 4.79 Å². The zero-order valence-corrected chi connectivity index (χ0v) is 13.0. The number of hydrogen-bond donors (Lipinski definition) is 2. The number of ether oxygens (including phenoxy) is 1. The van der Waals surface area contributed by atoms with Gasteiger partial charge in [0.1, 0.15) is 5.75 Å². The molecule has 23 heavy (non-hydrogen) atoms. The van der Waals surface area contributed by atoms with Gasteiger partial charge in [-0.05, 0) is 35.7 Å². The number of urea groups is 1. The molecular weight excluding hydrogens is 312 g/mol. The fourth-order valence-corrected chi connectivity index (χ4v) is 2.34. The summed E-state index contributed by atoms with van der Waals surface area (Å²) in [5, 5.41) is 8.18. The van der Waals surface area contributed by atoms with Gasteiger partial charge in [0.15, 0.2) is 6.73 Å². The Bertz CT molecular complexity index is 813. The van der Waals surface area contributed by atoms with Crippen LogP contribution in [0.3, 0.4) is 0 Å². The number of anilines is 1. The molecule has 4 nitrogen and oxygen atoms in total. The summed E-state index contributed by atoms with van der Waals surface area (Å²) in [4.78, 5) is 12.0. The first-order chi connectivity index (χ1) is 11.2. The Morgan fingerprint density at radius 1 is 0.957 bits per heavy atom. The highest BCUT2D eigenvalue weighted by Gasteiger charge is 2.05. The van der Waals surface area contributed by atoms with E-state index < -0.39 is 0 Å². The summed E-state index contributed by atoms with van der Waals surface area (Å²) in [6.07, 6.45) is 0. The van der Waals surface area contributed by atoms with E-state index in [-0.39, 0.29) is 12.8 Å². The zero-order chi connectivity index (χ0) is 16.1. The summed E-state index contributed by atoms with van der Waals surface area (Å²) in [5.74, 6) is 0.639. The van der Waals surface area contributed by atoms with Crippen LogP contribution in [0.2, 0.25) is 5.02 Å². The minimum atomic E-state index is -0.324. The first-order valence-electron chi connectivity index (χ1n) is 7.13. The van der Waals surface area contributed by atoms with Gasteiger partial charge < -0.3 is 15.4 Å². The van der Waals surface area contributed by atoms with E-state index in [1.807, 2.05) is 42.5 Å². The van der Waals surface area contributed by atoms with Crippen molar-refractivity contribution in [2.45, 2.75) is 0 Å². The van der Waals surface area contributed by atoms with Gasteiger partial charge in [-0.15, -0.1) is 0 Å². The molecular formula is C18H15ClN2O2. The number of hydrogen-bond acceptors (Lipinski definition) is 2. The minimum Gasteiger partial charge on any atom is -0.473 e. The van der Waals surface area contributed by atoms with Crippen LogP contribution in [0.5, 0.6) is 5.75 Å². The summed E-state index contributed by atoms with van der Waals surface area (Å²) in [6.45, 7) is 0.0677. The number of rotatable bonds is 4. The van der Waals surface area contributed by atoms with Crippen molar-refractivity contribution in [1.82, 2.24) is 5.32 Å². The second kappa shape index (κ2) is 7.03. The number of benzene rings is 3. The molecule has 3 rings (SSSR count). The van der Waals surface area contributed by atoms with E-state index in [9.17, 15) is 4.79 Å². The van der Waals surface area contributed by atoms with Gasteiger partial charge in [-0.3, -0.25) is 0 Å². The highest BCUT2D eigenvalue weighted by molar-refractivity contribution is 6.30. The van der Waals surface area contributed by atoms with Crippen molar-refractivity contribution in [3.8, 4) is 5.75 Å². The molecule has 0 aromatic heterocycles. The van der Waals surface area contributed by atoms with E-state index in [1.165, 1.54) is 0 Å². The normalized spacial score (nSPS) is 10.3. The largest absolute Gasteiger partial charge is 0.473 e. The predicted octanol–water partition coefficient (Wildman–Crippen LogP) is 4.65. The number of amides is 2. The van der Waals surface area contributed by atoms with Gasteiger partial charge in [-0.2, -0.15) is 0 Å². The molecule has 5 heteroatoms. The molecule has 0 fully saturated rings. The SMILES string of the molecule is O=C(NCOc1ccc(Cl)cc1)Nc1cccc2ccccc12. The van der Waals surface area contributed by atoms with Crippen molar-refractivity contribution < 1.29 is 9.53 Å². The average Bonchev–Trinajstić information content (AvgIpc) is 2.57. The highest BCUT2D eigenvalue weighted by atomic mass is 35.5. The van der Waals surface area contributed by atoms with Crippen LogP contribution >= 0.6 is 11.6 Å². The molecule has 0 aliphatic carbocycles. The zero-order valence-electron chi connectivity index (χ0n) is 12.3. The Hall–Kier alpha value is -2.72. The lowest BCUT2D eigenvalue weighted by atomic mass is 10.1. The second-order valence-electron chi connectivity index (χ2n) is 4.90. The molecule has 116 valence electrons. The number of carbonyl (C=O) groups is 1. The van der Waals surface area contributed by atoms with Crippen LogP contribution in [0.25, 0.3) is 10.8 Å². The van der Waals surface area contributed by atoms with Crippen LogP contribution in [0.4, 0.5) is 10.5 Å². The first-order valence-corrected chi connectivity index (χ1v) is 7.51. The minimum absolute atomic E-state index is 0.0677. The monoisotopic (exact) mass is 326 g/mol. The van der Waals surface area contributed by atoms with Gasteiger partial charge in [0, 0.05) is 10.4 Å². The molecule has 0 heterocycles. The Balaban J connectivity index is 1.57. The molecule has 0 saturated carbocycles. The van der Waals surface area contributed by atoms with Gasteiger partial charge in [0.2, 0.25) is 0 Å². The van der Waals surface area contributed by atoms with Gasteiger partial charge in [-0.1, -0.05) is 48.0 Å². The lowest BCUT2D eigenvalue weighted by molar-refractivity contribution is 0.234. The van der Waals surface area contributed by atoms with E-state index in [0.717, 1.165) is 16.5 Å². The van der Waals surface area contributed by atoms with Crippen molar-refractivity contribution in [2.75, 3.05) is 12.0 Å². The average molecular weight is 327 g/mol. The molecule has 0 aliphatic rings. The van der Waals surface area contributed by atoms with Crippen molar-refractivity contribution in [1.29, 1.82) is 0 Å². The third-order valence-electron chi connectivity index (χ3n) is 3.32.